The van der Waals surface area contributed by atoms with Gasteiger partial charge in [-0.05, 0) is 31.4 Å². The van der Waals surface area contributed by atoms with E-state index in [0.717, 1.165) is 24.4 Å². The van der Waals surface area contributed by atoms with Crippen LogP contribution in [0.25, 0.3) is 10.9 Å². The highest BCUT2D eigenvalue weighted by molar-refractivity contribution is 5.96. The standard InChI is InChI=1S/C19H23N4O/c1-21-9-5-15-6-10-23(18(15)13-21)12-17-11-16(14-24-17)19(20)22-7-3-2-4-8-22/h5-6,9-11,13-14,20H,2-4,7-8,12H2,1H3/q+1. The molecule has 0 saturated carbocycles. The van der Waals surface area contributed by atoms with Crippen LogP contribution in [0.5, 0.6) is 0 Å². The molecule has 0 spiro atoms. The fraction of sp³-hybridized carbons (Fsp3) is 0.368. The van der Waals surface area contributed by atoms with Gasteiger partial charge in [-0.2, -0.15) is 0 Å². The molecule has 1 aliphatic rings. The van der Waals surface area contributed by atoms with Gasteiger partial charge in [0.25, 0.3) is 0 Å². The number of amidine groups is 1. The first-order valence-corrected chi connectivity index (χ1v) is 8.56. The number of nitrogens with one attached hydrogen (secondary N) is 1. The lowest BCUT2D eigenvalue weighted by Gasteiger charge is -2.28. The maximum atomic E-state index is 8.40. The highest BCUT2D eigenvalue weighted by Gasteiger charge is 2.17. The van der Waals surface area contributed by atoms with E-state index in [4.69, 9.17) is 9.83 Å². The van der Waals surface area contributed by atoms with E-state index in [2.05, 4.69) is 44.8 Å². The van der Waals surface area contributed by atoms with Gasteiger partial charge in [0.2, 0.25) is 0 Å². The molecule has 3 aromatic rings. The molecule has 0 aliphatic carbocycles. The van der Waals surface area contributed by atoms with Gasteiger partial charge < -0.3 is 13.9 Å². The predicted molar refractivity (Wildman–Crippen MR) is 93.2 cm³/mol. The summed E-state index contributed by atoms with van der Waals surface area (Å²) in [6.45, 7) is 2.65. The number of furan rings is 1. The van der Waals surface area contributed by atoms with Crippen molar-refractivity contribution in [2.75, 3.05) is 13.1 Å². The molecule has 4 rings (SSSR count). The number of hydrogen-bond acceptors (Lipinski definition) is 2. The smallest absolute Gasteiger partial charge is 0.193 e. The molecule has 0 aromatic carbocycles. The lowest BCUT2D eigenvalue weighted by atomic mass is 10.1. The van der Waals surface area contributed by atoms with E-state index in [1.165, 1.54) is 30.2 Å². The van der Waals surface area contributed by atoms with Crippen LogP contribution in [-0.2, 0) is 13.6 Å². The summed E-state index contributed by atoms with van der Waals surface area (Å²) in [5, 5.41) is 9.63. The maximum absolute atomic E-state index is 8.40. The van der Waals surface area contributed by atoms with Crippen molar-refractivity contribution in [3.8, 4) is 0 Å². The Balaban J connectivity index is 1.54. The van der Waals surface area contributed by atoms with Crippen LogP contribution in [0.15, 0.2) is 47.5 Å². The molecule has 0 unspecified atom stereocenters. The lowest BCUT2D eigenvalue weighted by molar-refractivity contribution is -0.670. The highest BCUT2D eigenvalue weighted by Crippen LogP contribution is 2.19. The van der Waals surface area contributed by atoms with Crippen molar-refractivity contribution in [3.05, 3.63) is 54.4 Å². The molecular weight excluding hydrogens is 300 g/mol. The fourth-order valence-electron chi connectivity index (χ4n) is 3.42. The van der Waals surface area contributed by atoms with Crippen molar-refractivity contribution >= 4 is 16.7 Å². The number of nitrogens with zero attached hydrogens (tertiary/aromatic N) is 3. The summed E-state index contributed by atoms with van der Waals surface area (Å²) < 4.78 is 9.97. The van der Waals surface area contributed by atoms with E-state index in [-0.39, 0.29) is 0 Å². The number of rotatable bonds is 3. The second-order valence-corrected chi connectivity index (χ2v) is 6.59. The third-order valence-corrected chi connectivity index (χ3v) is 4.78. The third-order valence-electron chi connectivity index (χ3n) is 4.78. The molecule has 1 N–H and O–H groups in total. The first-order chi connectivity index (χ1) is 11.7. The van der Waals surface area contributed by atoms with Crippen LogP contribution in [0.3, 0.4) is 0 Å². The summed E-state index contributed by atoms with van der Waals surface area (Å²) in [5.41, 5.74) is 2.07. The second kappa shape index (κ2) is 6.15. The van der Waals surface area contributed by atoms with Gasteiger partial charge in [0, 0.05) is 30.7 Å². The van der Waals surface area contributed by atoms with E-state index in [1.807, 2.05) is 13.1 Å². The monoisotopic (exact) mass is 323 g/mol. The minimum absolute atomic E-state index is 0.591. The minimum Gasteiger partial charge on any atom is -0.467 e. The van der Waals surface area contributed by atoms with Gasteiger partial charge in [-0.15, -0.1) is 0 Å². The Kier molecular flexibility index (Phi) is 3.84. The van der Waals surface area contributed by atoms with Crippen molar-refractivity contribution in [2.45, 2.75) is 25.8 Å². The first kappa shape index (κ1) is 15.0. The molecule has 124 valence electrons. The fourth-order valence-corrected chi connectivity index (χ4v) is 3.42. The van der Waals surface area contributed by atoms with E-state index in [0.29, 0.717) is 12.4 Å². The van der Waals surface area contributed by atoms with Gasteiger partial charge in [0.05, 0.1) is 12.1 Å². The maximum Gasteiger partial charge on any atom is 0.193 e. The molecule has 1 aliphatic heterocycles. The average molecular weight is 323 g/mol. The molecule has 0 radical (unpaired) electrons. The summed E-state index contributed by atoms with van der Waals surface area (Å²) in [6.07, 6.45) is 11.6. The van der Waals surface area contributed by atoms with Gasteiger partial charge in [0.1, 0.15) is 30.4 Å². The van der Waals surface area contributed by atoms with Crippen LogP contribution in [0, 0.1) is 5.41 Å². The Morgan fingerprint density at radius 1 is 1.25 bits per heavy atom. The van der Waals surface area contributed by atoms with E-state index in [1.54, 1.807) is 6.26 Å². The summed E-state index contributed by atoms with van der Waals surface area (Å²) in [4.78, 5) is 2.16. The van der Waals surface area contributed by atoms with Gasteiger partial charge in [0.15, 0.2) is 12.4 Å². The quantitative estimate of drug-likeness (QED) is 0.458. The van der Waals surface area contributed by atoms with Gasteiger partial charge in [-0.25, -0.2) is 4.57 Å². The average Bonchev–Trinajstić information content (AvgIpc) is 3.23. The van der Waals surface area contributed by atoms with Crippen LogP contribution >= 0.6 is 0 Å². The SMILES string of the molecule is C[n+]1ccc2ccn(Cc3cc(C(=N)N4CCCCC4)co3)c2c1. The van der Waals surface area contributed by atoms with Crippen LogP contribution in [0.4, 0.5) is 0 Å². The van der Waals surface area contributed by atoms with Crippen molar-refractivity contribution in [3.63, 3.8) is 0 Å². The third kappa shape index (κ3) is 2.82. The molecule has 0 bridgehead atoms. The molecule has 4 heterocycles. The van der Waals surface area contributed by atoms with E-state index in [9.17, 15) is 0 Å². The van der Waals surface area contributed by atoms with E-state index >= 15 is 0 Å². The number of aromatic nitrogens is 2. The van der Waals surface area contributed by atoms with Crippen molar-refractivity contribution < 1.29 is 8.98 Å². The van der Waals surface area contributed by atoms with Crippen LogP contribution < -0.4 is 4.57 Å². The second-order valence-electron chi connectivity index (χ2n) is 6.59. The van der Waals surface area contributed by atoms with Crippen LogP contribution in [0.2, 0.25) is 0 Å². The Hall–Kier alpha value is -2.56. The zero-order valence-electron chi connectivity index (χ0n) is 14.0. The van der Waals surface area contributed by atoms with Crippen LogP contribution in [-0.4, -0.2) is 28.4 Å². The minimum atomic E-state index is 0.591. The Morgan fingerprint density at radius 2 is 2.08 bits per heavy atom. The molecular formula is C19H23N4O+. The zero-order chi connectivity index (χ0) is 16.5. The van der Waals surface area contributed by atoms with Gasteiger partial charge in [-0.1, -0.05) is 0 Å². The van der Waals surface area contributed by atoms with E-state index < -0.39 is 0 Å². The van der Waals surface area contributed by atoms with Crippen molar-refractivity contribution in [1.29, 1.82) is 5.41 Å². The molecule has 1 saturated heterocycles. The number of fused-ring (bicyclic) bond motifs is 1. The molecule has 1 fully saturated rings. The Morgan fingerprint density at radius 3 is 2.92 bits per heavy atom. The summed E-state index contributed by atoms with van der Waals surface area (Å²) in [6, 6.07) is 6.24. The highest BCUT2D eigenvalue weighted by atomic mass is 16.3. The van der Waals surface area contributed by atoms with Crippen molar-refractivity contribution in [1.82, 2.24) is 9.47 Å². The van der Waals surface area contributed by atoms with Crippen LogP contribution in [0.1, 0.15) is 30.6 Å². The van der Waals surface area contributed by atoms with Crippen molar-refractivity contribution in [2.24, 2.45) is 7.05 Å². The normalized spacial score (nSPS) is 15.1. The summed E-state index contributed by atoms with van der Waals surface area (Å²) >= 11 is 0. The zero-order valence-corrected chi connectivity index (χ0v) is 14.0. The number of hydrogen-bond donors (Lipinski definition) is 1. The molecule has 5 nitrogen and oxygen atoms in total. The molecule has 0 amide bonds. The lowest BCUT2D eigenvalue weighted by Crippen LogP contribution is -2.35. The van der Waals surface area contributed by atoms with Gasteiger partial charge >= 0.3 is 0 Å². The Bertz CT molecular complexity index is 871. The predicted octanol–water partition coefficient (Wildman–Crippen LogP) is 2.92. The number of likely N-dealkylation sites (tertiary alicyclic amines) is 1. The number of pyridine rings is 1. The molecule has 5 heteroatoms. The Labute approximate surface area is 141 Å². The summed E-state index contributed by atoms with van der Waals surface area (Å²) in [5.74, 6) is 1.48. The molecule has 0 atom stereocenters. The molecule has 3 aromatic heterocycles. The summed E-state index contributed by atoms with van der Waals surface area (Å²) in [7, 11) is 2.03. The topological polar surface area (TPSA) is 49.0 Å². The largest absolute Gasteiger partial charge is 0.467 e. The van der Waals surface area contributed by atoms with Gasteiger partial charge in [-0.3, -0.25) is 5.41 Å². The first-order valence-electron chi connectivity index (χ1n) is 8.56. The number of piperidine rings is 1. The molecule has 24 heavy (non-hydrogen) atoms. The number of aryl methyl sites for hydroxylation is 1.